The molecule has 0 aliphatic heterocycles. The van der Waals surface area contributed by atoms with Gasteiger partial charge in [-0.2, -0.15) is 0 Å². The van der Waals surface area contributed by atoms with Gasteiger partial charge in [-0.05, 0) is 63.0 Å². The largest absolute Gasteiger partial charge is 0.456 e. The van der Waals surface area contributed by atoms with Crippen LogP contribution in [-0.4, -0.2) is 0 Å². The standard InChI is InChI=1S/C32H21NO/c1-3-9-26-21(6-1)8-5-11-27(26)23-12-15-24(16-13-23)33-25-17-18-29-31(20-25)34-30-19-14-22-7-2-4-10-28(22)32(29)30/h1-20,33H. The van der Waals surface area contributed by atoms with E-state index in [1.165, 1.54) is 38.1 Å². The van der Waals surface area contributed by atoms with E-state index < -0.39 is 0 Å². The molecule has 0 bridgehead atoms. The molecule has 160 valence electrons. The first kappa shape index (κ1) is 19.0. The normalized spacial score (nSPS) is 11.5. The summed E-state index contributed by atoms with van der Waals surface area (Å²) in [4.78, 5) is 0. The highest BCUT2D eigenvalue weighted by molar-refractivity contribution is 6.19. The number of hydrogen-bond donors (Lipinski definition) is 1. The van der Waals surface area contributed by atoms with Crippen LogP contribution < -0.4 is 5.32 Å². The summed E-state index contributed by atoms with van der Waals surface area (Å²) in [6.45, 7) is 0. The summed E-state index contributed by atoms with van der Waals surface area (Å²) < 4.78 is 6.22. The highest BCUT2D eigenvalue weighted by atomic mass is 16.3. The molecule has 0 saturated heterocycles. The SMILES string of the molecule is c1ccc2c(-c3ccc(Nc4ccc5c(c4)oc4ccc6ccccc6c45)cc3)cccc2c1. The second kappa shape index (κ2) is 7.50. The first-order valence-corrected chi connectivity index (χ1v) is 11.5. The average molecular weight is 436 g/mol. The van der Waals surface area contributed by atoms with Crippen molar-refractivity contribution in [2.24, 2.45) is 0 Å². The number of nitrogens with one attached hydrogen (secondary N) is 1. The Morgan fingerprint density at radius 2 is 1.18 bits per heavy atom. The zero-order chi connectivity index (χ0) is 22.5. The molecule has 0 aliphatic rings. The monoisotopic (exact) mass is 435 g/mol. The smallest absolute Gasteiger partial charge is 0.137 e. The third-order valence-electron chi connectivity index (χ3n) is 6.64. The molecule has 0 atom stereocenters. The van der Waals surface area contributed by atoms with Gasteiger partial charge in [-0.3, -0.25) is 0 Å². The zero-order valence-electron chi connectivity index (χ0n) is 18.5. The summed E-state index contributed by atoms with van der Waals surface area (Å²) in [5.74, 6) is 0. The van der Waals surface area contributed by atoms with Crippen molar-refractivity contribution >= 4 is 54.9 Å². The molecule has 1 aromatic heterocycles. The van der Waals surface area contributed by atoms with Gasteiger partial charge in [0.2, 0.25) is 0 Å². The second-order valence-electron chi connectivity index (χ2n) is 8.70. The van der Waals surface area contributed by atoms with E-state index in [9.17, 15) is 0 Å². The van der Waals surface area contributed by atoms with Crippen LogP contribution in [0.4, 0.5) is 11.4 Å². The van der Waals surface area contributed by atoms with E-state index in [1.807, 2.05) is 0 Å². The number of fused-ring (bicyclic) bond motifs is 6. The molecule has 7 aromatic rings. The highest BCUT2D eigenvalue weighted by Gasteiger charge is 2.11. The summed E-state index contributed by atoms with van der Waals surface area (Å²) in [5, 5.41) is 10.8. The fourth-order valence-electron chi connectivity index (χ4n) is 5.00. The van der Waals surface area contributed by atoms with Gasteiger partial charge < -0.3 is 9.73 Å². The predicted octanol–water partition coefficient (Wildman–Crippen LogP) is 9.30. The van der Waals surface area contributed by atoms with E-state index in [1.54, 1.807) is 0 Å². The summed E-state index contributed by atoms with van der Waals surface area (Å²) in [6.07, 6.45) is 0. The van der Waals surface area contributed by atoms with Crippen molar-refractivity contribution < 1.29 is 4.42 Å². The molecule has 0 spiro atoms. The third kappa shape index (κ3) is 3.04. The van der Waals surface area contributed by atoms with Gasteiger partial charge in [0.25, 0.3) is 0 Å². The molecule has 7 rings (SSSR count). The van der Waals surface area contributed by atoms with Crippen molar-refractivity contribution in [1.29, 1.82) is 0 Å². The van der Waals surface area contributed by atoms with Crippen LogP contribution in [0.1, 0.15) is 0 Å². The van der Waals surface area contributed by atoms with E-state index in [-0.39, 0.29) is 0 Å². The minimum atomic E-state index is 0.892. The lowest BCUT2D eigenvalue weighted by Crippen LogP contribution is -1.90. The lowest BCUT2D eigenvalue weighted by molar-refractivity contribution is 0.669. The van der Waals surface area contributed by atoms with Gasteiger partial charge in [0.1, 0.15) is 11.2 Å². The summed E-state index contributed by atoms with van der Waals surface area (Å²) in [5.41, 5.74) is 6.33. The molecule has 1 N–H and O–H groups in total. The summed E-state index contributed by atoms with van der Waals surface area (Å²) in [6, 6.07) is 42.6. The predicted molar refractivity (Wildman–Crippen MR) is 144 cm³/mol. The van der Waals surface area contributed by atoms with Crippen LogP contribution in [-0.2, 0) is 0 Å². The second-order valence-corrected chi connectivity index (χ2v) is 8.70. The maximum Gasteiger partial charge on any atom is 0.137 e. The van der Waals surface area contributed by atoms with E-state index in [0.29, 0.717) is 0 Å². The van der Waals surface area contributed by atoms with E-state index >= 15 is 0 Å². The van der Waals surface area contributed by atoms with Crippen molar-refractivity contribution in [2.45, 2.75) is 0 Å². The van der Waals surface area contributed by atoms with Crippen LogP contribution in [0.25, 0.3) is 54.6 Å². The van der Waals surface area contributed by atoms with Crippen LogP contribution in [0.15, 0.2) is 126 Å². The quantitative estimate of drug-likeness (QED) is 0.299. The third-order valence-corrected chi connectivity index (χ3v) is 6.64. The molecule has 0 radical (unpaired) electrons. The molecular weight excluding hydrogens is 414 g/mol. The fraction of sp³-hybridized carbons (Fsp3) is 0. The molecule has 1 heterocycles. The van der Waals surface area contributed by atoms with Crippen LogP contribution in [0, 0.1) is 0 Å². The molecule has 2 heteroatoms. The molecule has 0 aliphatic carbocycles. The van der Waals surface area contributed by atoms with Gasteiger partial charge in [0.15, 0.2) is 0 Å². The van der Waals surface area contributed by atoms with Crippen LogP contribution in [0.3, 0.4) is 0 Å². The first-order valence-electron chi connectivity index (χ1n) is 11.5. The van der Waals surface area contributed by atoms with Gasteiger partial charge in [-0.1, -0.05) is 84.9 Å². The van der Waals surface area contributed by atoms with Crippen LogP contribution >= 0.6 is 0 Å². The molecule has 34 heavy (non-hydrogen) atoms. The molecule has 0 unspecified atom stereocenters. The average Bonchev–Trinajstić information content (AvgIpc) is 3.27. The first-order chi connectivity index (χ1) is 16.8. The topological polar surface area (TPSA) is 25.2 Å². The van der Waals surface area contributed by atoms with Crippen molar-refractivity contribution in [3.05, 3.63) is 121 Å². The molecule has 2 nitrogen and oxygen atoms in total. The van der Waals surface area contributed by atoms with E-state index in [4.69, 9.17) is 4.42 Å². The Kier molecular flexibility index (Phi) is 4.18. The van der Waals surface area contributed by atoms with Crippen LogP contribution in [0.2, 0.25) is 0 Å². The Bertz CT molecular complexity index is 1820. The number of anilines is 2. The van der Waals surface area contributed by atoms with Gasteiger partial charge in [0.05, 0.1) is 0 Å². The molecule has 0 fully saturated rings. The molecule has 0 saturated carbocycles. The number of rotatable bonds is 3. The number of hydrogen-bond acceptors (Lipinski definition) is 2. The van der Waals surface area contributed by atoms with E-state index in [2.05, 4.69) is 127 Å². The lowest BCUT2D eigenvalue weighted by Gasteiger charge is -2.10. The summed E-state index contributed by atoms with van der Waals surface area (Å²) >= 11 is 0. The highest BCUT2D eigenvalue weighted by Crippen LogP contribution is 2.36. The zero-order valence-corrected chi connectivity index (χ0v) is 18.5. The van der Waals surface area contributed by atoms with Gasteiger partial charge in [-0.15, -0.1) is 0 Å². The Morgan fingerprint density at radius 3 is 2.03 bits per heavy atom. The van der Waals surface area contributed by atoms with Crippen molar-refractivity contribution in [1.82, 2.24) is 0 Å². The maximum absolute atomic E-state index is 6.22. The van der Waals surface area contributed by atoms with Gasteiger partial charge in [0, 0.05) is 28.2 Å². The fourth-order valence-corrected chi connectivity index (χ4v) is 5.00. The minimum absolute atomic E-state index is 0.892. The van der Waals surface area contributed by atoms with Gasteiger partial charge >= 0.3 is 0 Å². The van der Waals surface area contributed by atoms with Crippen molar-refractivity contribution in [3.63, 3.8) is 0 Å². The molecule has 6 aromatic carbocycles. The molecular formula is C32H21NO. The summed E-state index contributed by atoms with van der Waals surface area (Å²) in [7, 11) is 0. The number of furan rings is 1. The van der Waals surface area contributed by atoms with Crippen LogP contribution in [0.5, 0.6) is 0 Å². The molecule has 0 amide bonds. The lowest BCUT2D eigenvalue weighted by atomic mass is 9.98. The Balaban J connectivity index is 1.23. The van der Waals surface area contributed by atoms with E-state index in [0.717, 1.165) is 27.9 Å². The van der Waals surface area contributed by atoms with Crippen molar-refractivity contribution in [3.8, 4) is 11.1 Å². The maximum atomic E-state index is 6.22. The Hall–Kier alpha value is -4.56. The number of benzene rings is 6. The Labute approximate surface area is 197 Å². The van der Waals surface area contributed by atoms with Gasteiger partial charge in [-0.25, -0.2) is 0 Å². The minimum Gasteiger partial charge on any atom is -0.456 e. The van der Waals surface area contributed by atoms with Crippen molar-refractivity contribution in [2.75, 3.05) is 5.32 Å². The Morgan fingerprint density at radius 1 is 0.471 bits per heavy atom.